The maximum Gasteiger partial charge on any atom is 0.530 e. The van der Waals surface area contributed by atoms with Gasteiger partial charge in [-0.15, -0.1) is 0 Å². The summed E-state index contributed by atoms with van der Waals surface area (Å²) in [5, 5.41) is 17.3. The van der Waals surface area contributed by atoms with E-state index in [-0.39, 0.29) is 5.88 Å². The topological polar surface area (TPSA) is 77.8 Å². The first-order valence-electron chi connectivity index (χ1n) is 2.72. The Labute approximate surface area is 65.3 Å². The van der Waals surface area contributed by atoms with Crippen LogP contribution >= 0.6 is 0 Å². The molecular formula is C5H6NO4S+. The van der Waals surface area contributed by atoms with Crippen molar-refractivity contribution in [3.8, 4) is 0 Å². The molecule has 60 valence electrons. The Balaban J connectivity index is 2.56. The van der Waals surface area contributed by atoms with Gasteiger partial charge in [0.05, 0.1) is 6.20 Å². The van der Waals surface area contributed by atoms with E-state index in [9.17, 15) is 9.59 Å². The highest BCUT2D eigenvalue weighted by Crippen LogP contribution is 2.12. The van der Waals surface area contributed by atoms with E-state index in [1.165, 1.54) is 11.6 Å². The SMILES string of the molecule is O=C(O)N1C=C[S+](C(=O)O)C1. The first-order valence-corrected chi connectivity index (χ1v) is 4.17. The summed E-state index contributed by atoms with van der Waals surface area (Å²) in [6, 6.07) is 0. The van der Waals surface area contributed by atoms with Crippen molar-refractivity contribution in [3.63, 3.8) is 0 Å². The molecule has 1 aliphatic rings. The van der Waals surface area contributed by atoms with Crippen molar-refractivity contribution in [2.75, 3.05) is 5.88 Å². The summed E-state index contributed by atoms with van der Waals surface area (Å²) in [6.07, 6.45) is 0.164. The molecule has 6 heteroatoms. The average Bonchev–Trinajstić information content (AvgIpc) is 2.33. The number of carboxylic acid groups (broad SMARTS) is 2. The number of carbonyl (C=O) groups is 2. The van der Waals surface area contributed by atoms with Crippen LogP contribution in [0.5, 0.6) is 0 Å². The van der Waals surface area contributed by atoms with Gasteiger partial charge in [-0.05, 0) is 0 Å². The smallest absolute Gasteiger partial charge is 0.465 e. The van der Waals surface area contributed by atoms with Gasteiger partial charge >= 0.3 is 11.4 Å². The van der Waals surface area contributed by atoms with Gasteiger partial charge in [-0.25, -0.2) is 9.69 Å². The van der Waals surface area contributed by atoms with E-state index in [1.54, 1.807) is 0 Å². The van der Waals surface area contributed by atoms with Crippen molar-refractivity contribution in [1.29, 1.82) is 0 Å². The lowest BCUT2D eigenvalue weighted by Gasteiger charge is -2.01. The number of rotatable bonds is 0. The number of amides is 1. The van der Waals surface area contributed by atoms with Crippen LogP contribution in [0, 0.1) is 0 Å². The molecule has 0 aromatic heterocycles. The summed E-state index contributed by atoms with van der Waals surface area (Å²) < 4.78 is 0. The Bertz CT molecular complexity index is 205. The Morgan fingerprint density at radius 1 is 1.45 bits per heavy atom. The predicted octanol–water partition coefficient (Wildman–Crippen LogP) is 0.705. The molecular weight excluding hydrogens is 170 g/mol. The van der Waals surface area contributed by atoms with Crippen molar-refractivity contribution in [2.45, 2.75) is 0 Å². The van der Waals surface area contributed by atoms with Crippen molar-refractivity contribution in [1.82, 2.24) is 4.90 Å². The van der Waals surface area contributed by atoms with Gasteiger partial charge in [-0.2, -0.15) is 4.79 Å². The van der Waals surface area contributed by atoms with Crippen LogP contribution in [-0.2, 0) is 10.9 Å². The number of nitrogens with zero attached hydrogens (tertiary/aromatic N) is 1. The van der Waals surface area contributed by atoms with Crippen molar-refractivity contribution in [2.24, 2.45) is 0 Å². The first kappa shape index (κ1) is 7.93. The molecule has 0 fully saturated rings. The summed E-state index contributed by atoms with van der Waals surface area (Å²) in [5.41, 5.74) is 0. The minimum atomic E-state index is -1.11. The largest absolute Gasteiger partial charge is 0.530 e. The Hall–Kier alpha value is -1.17. The van der Waals surface area contributed by atoms with E-state index in [0.717, 1.165) is 4.90 Å². The minimum Gasteiger partial charge on any atom is -0.465 e. The molecule has 0 bridgehead atoms. The second-order valence-corrected chi connectivity index (χ2v) is 3.60. The molecule has 1 rings (SSSR count). The van der Waals surface area contributed by atoms with Crippen LogP contribution < -0.4 is 0 Å². The first-order chi connectivity index (χ1) is 5.11. The Morgan fingerprint density at radius 3 is 2.36 bits per heavy atom. The van der Waals surface area contributed by atoms with E-state index >= 15 is 0 Å². The lowest BCUT2D eigenvalue weighted by atomic mass is 10.8. The molecule has 1 unspecified atom stereocenters. The molecule has 1 heterocycles. The molecule has 0 saturated heterocycles. The standard InChI is InChI=1S/C5H5NO4S/c7-4(8)6-1-2-11(3-6)5(9)10/h1-2H,3H2,(H-,7,8,9,10)/p+1. The molecule has 0 aliphatic carbocycles. The van der Waals surface area contributed by atoms with E-state index in [0.29, 0.717) is 0 Å². The summed E-state index contributed by atoms with van der Waals surface area (Å²) in [6.45, 7) is 0. The summed E-state index contributed by atoms with van der Waals surface area (Å²) in [5.74, 6) is 0.0463. The zero-order chi connectivity index (χ0) is 8.43. The molecule has 0 spiro atoms. The predicted molar refractivity (Wildman–Crippen MR) is 39.3 cm³/mol. The van der Waals surface area contributed by atoms with Crippen LogP contribution in [0.3, 0.4) is 0 Å². The van der Waals surface area contributed by atoms with Gasteiger partial charge in [0.25, 0.3) is 0 Å². The molecule has 1 atom stereocenters. The number of hydrogen-bond acceptors (Lipinski definition) is 2. The Kier molecular flexibility index (Phi) is 2.04. The van der Waals surface area contributed by atoms with E-state index in [4.69, 9.17) is 10.2 Å². The van der Waals surface area contributed by atoms with Crippen molar-refractivity contribution >= 4 is 22.3 Å². The molecule has 0 saturated carbocycles. The zero-order valence-corrected chi connectivity index (χ0v) is 6.24. The van der Waals surface area contributed by atoms with E-state index in [1.807, 2.05) is 0 Å². The van der Waals surface area contributed by atoms with Gasteiger partial charge in [0.2, 0.25) is 5.88 Å². The molecule has 2 N–H and O–H groups in total. The van der Waals surface area contributed by atoms with Crippen LogP contribution in [0.15, 0.2) is 11.6 Å². The molecule has 5 nitrogen and oxygen atoms in total. The molecule has 11 heavy (non-hydrogen) atoms. The highest BCUT2D eigenvalue weighted by molar-refractivity contribution is 8.13. The minimum absolute atomic E-state index is 0.0463. The molecule has 0 radical (unpaired) electrons. The van der Waals surface area contributed by atoms with Crippen LogP contribution in [0.4, 0.5) is 9.59 Å². The van der Waals surface area contributed by atoms with E-state index < -0.39 is 22.3 Å². The quantitative estimate of drug-likeness (QED) is 0.532. The third-order valence-electron chi connectivity index (χ3n) is 1.15. The van der Waals surface area contributed by atoms with Crippen LogP contribution in [0.1, 0.15) is 0 Å². The maximum absolute atomic E-state index is 10.3. The van der Waals surface area contributed by atoms with E-state index in [2.05, 4.69) is 0 Å². The molecule has 0 aromatic carbocycles. The average molecular weight is 176 g/mol. The third kappa shape index (κ3) is 1.64. The van der Waals surface area contributed by atoms with Gasteiger partial charge in [-0.1, -0.05) is 0 Å². The fourth-order valence-electron chi connectivity index (χ4n) is 0.615. The Morgan fingerprint density at radius 2 is 2.09 bits per heavy atom. The van der Waals surface area contributed by atoms with Gasteiger partial charge in [0, 0.05) is 0 Å². The van der Waals surface area contributed by atoms with Crippen molar-refractivity contribution in [3.05, 3.63) is 11.6 Å². The lowest BCUT2D eigenvalue weighted by Crippen LogP contribution is -2.26. The van der Waals surface area contributed by atoms with Crippen LogP contribution in [0.25, 0.3) is 0 Å². The van der Waals surface area contributed by atoms with Gasteiger partial charge in [-0.3, -0.25) is 0 Å². The van der Waals surface area contributed by atoms with Crippen molar-refractivity contribution < 1.29 is 19.8 Å². The number of hydrogen-bond donors (Lipinski definition) is 2. The van der Waals surface area contributed by atoms with Crippen LogP contribution in [0.2, 0.25) is 0 Å². The normalized spacial score (nSPS) is 22.2. The highest BCUT2D eigenvalue weighted by atomic mass is 32.2. The van der Waals surface area contributed by atoms with Gasteiger partial charge in [0.1, 0.15) is 0 Å². The highest BCUT2D eigenvalue weighted by Gasteiger charge is 2.35. The third-order valence-corrected chi connectivity index (χ3v) is 2.61. The summed E-state index contributed by atoms with van der Waals surface area (Å²) >= 11 is 0. The van der Waals surface area contributed by atoms with Gasteiger partial charge in [0.15, 0.2) is 16.3 Å². The second-order valence-electron chi connectivity index (χ2n) is 1.86. The van der Waals surface area contributed by atoms with Crippen LogP contribution in [-0.4, -0.2) is 32.4 Å². The fourth-order valence-corrected chi connectivity index (χ4v) is 1.72. The summed E-state index contributed by atoms with van der Waals surface area (Å²) in [4.78, 5) is 21.5. The zero-order valence-electron chi connectivity index (χ0n) is 5.43. The second kappa shape index (κ2) is 2.83. The monoisotopic (exact) mass is 176 g/mol. The fraction of sp³-hybridized carbons (Fsp3) is 0.200. The van der Waals surface area contributed by atoms with Gasteiger partial charge < -0.3 is 10.2 Å². The molecule has 1 aliphatic heterocycles. The lowest BCUT2D eigenvalue weighted by molar-refractivity contribution is 0.169. The molecule has 0 aromatic rings. The maximum atomic E-state index is 10.3. The summed E-state index contributed by atoms with van der Waals surface area (Å²) in [7, 11) is -0.948. The molecule has 1 amide bonds.